The molecule has 1 aromatic rings. The van der Waals surface area contributed by atoms with Gasteiger partial charge in [0.15, 0.2) is 0 Å². The van der Waals surface area contributed by atoms with Gasteiger partial charge in [-0.25, -0.2) is 8.42 Å². The Bertz CT molecular complexity index is 956. The van der Waals surface area contributed by atoms with Gasteiger partial charge in [0.05, 0.1) is 16.7 Å². The van der Waals surface area contributed by atoms with Gasteiger partial charge in [-0.2, -0.15) is 4.31 Å². The average molecular weight is 417 g/mol. The van der Waals surface area contributed by atoms with Crippen LogP contribution in [0.5, 0.6) is 0 Å². The molecule has 2 aliphatic heterocycles. The standard InChI is InChI=1S/C20H23N3O5S/c24-18(13-23-19(25)16-8-1-2-9-17(16)20(23)26)21-14-6-5-7-15(12-14)29(27,28)22-10-3-4-11-22/h1-2,5-7,12,16-17H,3-4,8-11,13H2,(H,21,24)/t16-,17+. The van der Waals surface area contributed by atoms with E-state index in [0.29, 0.717) is 31.6 Å². The van der Waals surface area contributed by atoms with Crippen LogP contribution in [-0.2, 0) is 24.4 Å². The zero-order valence-electron chi connectivity index (χ0n) is 15.9. The molecule has 154 valence electrons. The third kappa shape index (κ3) is 3.72. The summed E-state index contributed by atoms with van der Waals surface area (Å²) in [5.41, 5.74) is 0.313. The first-order valence-electron chi connectivity index (χ1n) is 9.78. The van der Waals surface area contributed by atoms with Gasteiger partial charge in [-0.3, -0.25) is 19.3 Å². The van der Waals surface area contributed by atoms with E-state index in [-0.39, 0.29) is 35.1 Å². The molecule has 2 atom stereocenters. The first-order chi connectivity index (χ1) is 13.9. The van der Waals surface area contributed by atoms with Crippen LogP contribution in [0.2, 0.25) is 0 Å². The second-order valence-electron chi connectivity index (χ2n) is 7.61. The summed E-state index contributed by atoms with van der Waals surface area (Å²) in [7, 11) is -3.59. The highest BCUT2D eigenvalue weighted by Gasteiger charge is 2.47. The van der Waals surface area contributed by atoms with E-state index in [4.69, 9.17) is 0 Å². The summed E-state index contributed by atoms with van der Waals surface area (Å²) in [6, 6.07) is 6.04. The van der Waals surface area contributed by atoms with Gasteiger partial charge in [-0.15, -0.1) is 0 Å². The number of hydrogen-bond acceptors (Lipinski definition) is 5. The quantitative estimate of drug-likeness (QED) is 0.576. The van der Waals surface area contributed by atoms with Gasteiger partial charge in [0.1, 0.15) is 6.54 Å². The van der Waals surface area contributed by atoms with Crippen molar-refractivity contribution in [3.05, 3.63) is 36.4 Å². The third-order valence-corrected chi connectivity index (χ3v) is 7.62. The summed E-state index contributed by atoms with van der Waals surface area (Å²) >= 11 is 0. The van der Waals surface area contributed by atoms with E-state index in [1.807, 2.05) is 12.2 Å². The number of benzene rings is 1. The van der Waals surface area contributed by atoms with Crippen LogP contribution in [0, 0.1) is 11.8 Å². The number of amides is 3. The molecular formula is C20H23N3O5S. The van der Waals surface area contributed by atoms with Crippen LogP contribution >= 0.6 is 0 Å². The van der Waals surface area contributed by atoms with Crippen molar-refractivity contribution in [2.24, 2.45) is 11.8 Å². The molecule has 3 amide bonds. The van der Waals surface area contributed by atoms with Crippen LogP contribution < -0.4 is 5.32 Å². The van der Waals surface area contributed by atoms with Crippen molar-refractivity contribution in [1.29, 1.82) is 0 Å². The Morgan fingerprint density at radius 2 is 1.66 bits per heavy atom. The van der Waals surface area contributed by atoms with E-state index in [0.717, 1.165) is 17.7 Å². The highest BCUT2D eigenvalue weighted by atomic mass is 32.2. The van der Waals surface area contributed by atoms with Gasteiger partial charge in [0, 0.05) is 18.8 Å². The Kier molecular flexibility index (Phi) is 5.26. The van der Waals surface area contributed by atoms with Gasteiger partial charge < -0.3 is 5.32 Å². The Labute approximate surface area is 169 Å². The summed E-state index contributed by atoms with van der Waals surface area (Å²) in [6.45, 7) is 0.623. The molecule has 0 radical (unpaired) electrons. The molecule has 1 aliphatic carbocycles. The highest BCUT2D eigenvalue weighted by Crippen LogP contribution is 2.34. The summed E-state index contributed by atoms with van der Waals surface area (Å²) in [6.07, 6.45) is 6.49. The smallest absolute Gasteiger partial charge is 0.244 e. The van der Waals surface area contributed by atoms with Gasteiger partial charge >= 0.3 is 0 Å². The Balaban J connectivity index is 1.44. The molecule has 3 aliphatic rings. The number of likely N-dealkylation sites (tertiary alicyclic amines) is 1. The fourth-order valence-corrected chi connectivity index (χ4v) is 5.74. The number of carbonyl (C=O) groups excluding carboxylic acids is 3. The predicted molar refractivity (Wildman–Crippen MR) is 105 cm³/mol. The van der Waals surface area contributed by atoms with Crippen molar-refractivity contribution in [2.75, 3.05) is 25.0 Å². The number of imide groups is 1. The van der Waals surface area contributed by atoms with E-state index in [1.165, 1.54) is 16.4 Å². The second kappa shape index (κ2) is 7.72. The zero-order valence-corrected chi connectivity index (χ0v) is 16.7. The van der Waals surface area contributed by atoms with E-state index in [1.54, 1.807) is 12.1 Å². The van der Waals surface area contributed by atoms with Crippen LogP contribution in [-0.4, -0.2) is 55.0 Å². The van der Waals surface area contributed by atoms with Crippen molar-refractivity contribution < 1.29 is 22.8 Å². The average Bonchev–Trinajstić information content (AvgIpc) is 3.33. The van der Waals surface area contributed by atoms with Crippen LogP contribution in [0.1, 0.15) is 25.7 Å². The SMILES string of the molecule is O=C(CN1C(=O)[C@H]2CC=CC[C@H]2C1=O)Nc1cccc(S(=O)(=O)N2CCCC2)c1. The number of anilines is 1. The number of nitrogens with one attached hydrogen (secondary N) is 1. The van der Waals surface area contributed by atoms with Crippen LogP contribution in [0.15, 0.2) is 41.3 Å². The second-order valence-corrected chi connectivity index (χ2v) is 9.54. The van der Waals surface area contributed by atoms with Crippen LogP contribution in [0.3, 0.4) is 0 Å². The molecule has 29 heavy (non-hydrogen) atoms. The van der Waals surface area contributed by atoms with Gasteiger partial charge in [0.25, 0.3) is 0 Å². The van der Waals surface area contributed by atoms with Gasteiger partial charge in [-0.1, -0.05) is 18.2 Å². The zero-order chi connectivity index (χ0) is 20.6. The molecule has 1 aromatic carbocycles. The normalized spacial score (nSPS) is 24.8. The fraction of sp³-hybridized carbons (Fsp3) is 0.450. The largest absolute Gasteiger partial charge is 0.324 e. The minimum atomic E-state index is -3.59. The summed E-state index contributed by atoms with van der Waals surface area (Å²) < 4.78 is 26.8. The van der Waals surface area contributed by atoms with E-state index >= 15 is 0 Å². The molecule has 1 N–H and O–H groups in total. The molecule has 4 rings (SSSR count). The highest BCUT2D eigenvalue weighted by molar-refractivity contribution is 7.89. The molecule has 2 saturated heterocycles. The van der Waals surface area contributed by atoms with Crippen molar-refractivity contribution >= 4 is 33.4 Å². The molecule has 2 fully saturated rings. The minimum absolute atomic E-state index is 0.114. The Morgan fingerprint density at radius 1 is 1.03 bits per heavy atom. The summed E-state index contributed by atoms with van der Waals surface area (Å²) in [4.78, 5) is 38.5. The van der Waals surface area contributed by atoms with E-state index < -0.39 is 15.9 Å². The maximum atomic E-state index is 12.7. The van der Waals surface area contributed by atoms with Crippen LogP contribution in [0.4, 0.5) is 5.69 Å². The number of fused-ring (bicyclic) bond motifs is 1. The molecule has 0 bridgehead atoms. The molecule has 2 heterocycles. The van der Waals surface area contributed by atoms with Crippen molar-refractivity contribution in [1.82, 2.24) is 9.21 Å². The summed E-state index contributed by atoms with van der Waals surface area (Å²) in [5, 5.41) is 2.61. The van der Waals surface area contributed by atoms with Crippen LogP contribution in [0.25, 0.3) is 0 Å². The molecule has 0 spiro atoms. The molecule has 0 saturated carbocycles. The lowest BCUT2D eigenvalue weighted by atomic mass is 9.85. The number of rotatable bonds is 5. The predicted octanol–water partition coefficient (Wildman–Crippen LogP) is 1.36. The van der Waals surface area contributed by atoms with E-state index in [2.05, 4.69) is 5.32 Å². The fourth-order valence-electron chi connectivity index (χ4n) is 4.18. The lowest BCUT2D eigenvalue weighted by molar-refractivity contribution is -0.142. The number of carbonyl (C=O) groups is 3. The van der Waals surface area contributed by atoms with Gasteiger partial charge in [0.2, 0.25) is 27.7 Å². The maximum absolute atomic E-state index is 12.7. The molecular weight excluding hydrogens is 394 g/mol. The molecule has 0 aromatic heterocycles. The number of nitrogens with zero attached hydrogens (tertiary/aromatic N) is 2. The van der Waals surface area contributed by atoms with Crippen molar-refractivity contribution in [3.8, 4) is 0 Å². The maximum Gasteiger partial charge on any atom is 0.244 e. The lowest BCUT2D eigenvalue weighted by Gasteiger charge is -2.17. The third-order valence-electron chi connectivity index (χ3n) is 5.72. The number of allylic oxidation sites excluding steroid dienone is 2. The summed E-state index contributed by atoms with van der Waals surface area (Å²) in [5.74, 6) is -1.92. The topological polar surface area (TPSA) is 104 Å². The monoisotopic (exact) mass is 417 g/mol. The van der Waals surface area contributed by atoms with Crippen molar-refractivity contribution in [3.63, 3.8) is 0 Å². The first-order valence-corrected chi connectivity index (χ1v) is 11.2. The van der Waals surface area contributed by atoms with Crippen molar-refractivity contribution in [2.45, 2.75) is 30.6 Å². The number of hydrogen-bond donors (Lipinski definition) is 1. The van der Waals surface area contributed by atoms with E-state index in [9.17, 15) is 22.8 Å². The lowest BCUT2D eigenvalue weighted by Crippen LogP contribution is -2.38. The van der Waals surface area contributed by atoms with Gasteiger partial charge in [-0.05, 0) is 43.9 Å². The molecule has 0 unspecified atom stereocenters. The molecule has 8 nitrogen and oxygen atoms in total. The molecule has 9 heteroatoms. The first kappa shape index (κ1) is 19.8. The number of sulfonamides is 1. The minimum Gasteiger partial charge on any atom is -0.324 e. The Hall–Kier alpha value is -2.52. The Morgan fingerprint density at radius 3 is 2.28 bits per heavy atom.